The van der Waals surface area contributed by atoms with Crippen LogP contribution in [0.5, 0.6) is 0 Å². The van der Waals surface area contributed by atoms with E-state index < -0.39 is 0 Å². The highest BCUT2D eigenvalue weighted by molar-refractivity contribution is 6.30. The maximum absolute atomic E-state index is 5.94. The summed E-state index contributed by atoms with van der Waals surface area (Å²) in [7, 11) is 0. The van der Waals surface area contributed by atoms with Crippen LogP contribution in [0.2, 0.25) is 5.02 Å². The van der Waals surface area contributed by atoms with Gasteiger partial charge in [-0.1, -0.05) is 41.9 Å². The number of aliphatic imine (C=N–C) groups is 1. The van der Waals surface area contributed by atoms with Crippen molar-refractivity contribution < 1.29 is 4.74 Å². The molecule has 1 heterocycles. The Bertz CT molecular complexity index is 619. The van der Waals surface area contributed by atoms with E-state index in [0.717, 1.165) is 22.0 Å². The lowest BCUT2D eigenvalue weighted by Gasteiger charge is -2.09. The molecule has 0 saturated carbocycles. The van der Waals surface area contributed by atoms with Gasteiger partial charge in [-0.15, -0.1) is 0 Å². The maximum Gasteiger partial charge on any atom is 0.217 e. The highest BCUT2D eigenvalue weighted by Crippen LogP contribution is 2.35. The molecule has 0 unspecified atom stereocenters. The number of ether oxygens (including phenoxy) is 1. The quantitative estimate of drug-likeness (QED) is 0.801. The minimum Gasteiger partial charge on any atom is -0.478 e. The second-order valence-corrected chi connectivity index (χ2v) is 4.85. The van der Waals surface area contributed by atoms with Gasteiger partial charge in [-0.25, -0.2) is 4.99 Å². The first-order chi connectivity index (χ1) is 9.29. The molecule has 2 aromatic carbocycles. The molecule has 0 amide bonds. The average Bonchev–Trinajstić information content (AvgIpc) is 2.80. The molecular formula is C16H14ClNO. The fraction of sp³-hybridized carbons (Fsp3) is 0.188. The lowest BCUT2D eigenvalue weighted by atomic mass is 9.98. The van der Waals surface area contributed by atoms with Crippen molar-refractivity contribution in [3.63, 3.8) is 0 Å². The van der Waals surface area contributed by atoms with Crippen molar-refractivity contribution in [2.45, 2.75) is 13.0 Å². The van der Waals surface area contributed by atoms with Crippen LogP contribution in [0.15, 0.2) is 53.5 Å². The molecule has 0 aromatic heterocycles. The number of rotatable bonds is 2. The SMILES string of the molecule is CCOC1=N[C@@H](c2ccc(Cl)cc2)c2ccccc21. The molecule has 96 valence electrons. The van der Waals surface area contributed by atoms with E-state index in [2.05, 4.69) is 12.1 Å². The lowest BCUT2D eigenvalue weighted by molar-refractivity contribution is 0.328. The predicted octanol–water partition coefficient (Wildman–Crippen LogP) is 4.23. The summed E-state index contributed by atoms with van der Waals surface area (Å²) in [6.45, 7) is 2.60. The van der Waals surface area contributed by atoms with E-state index in [4.69, 9.17) is 21.3 Å². The molecule has 0 bridgehead atoms. The van der Waals surface area contributed by atoms with Gasteiger partial charge in [0.1, 0.15) is 6.04 Å². The molecule has 1 aliphatic rings. The Labute approximate surface area is 117 Å². The second-order valence-electron chi connectivity index (χ2n) is 4.41. The van der Waals surface area contributed by atoms with Crippen molar-refractivity contribution in [2.24, 2.45) is 4.99 Å². The van der Waals surface area contributed by atoms with Crippen LogP contribution in [0.4, 0.5) is 0 Å². The zero-order valence-corrected chi connectivity index (χ0v) is 11.4. The fourth-order valence-electron chi connectivity index (χ4n) is 2.34. The highest BCUT2D eigenvalue weighted by Gasteiger charge is 2.26. The van der Waals surface area contributed by atoms with Crippen molar-refractivity contribution in [1.82, 2.24) is 0 Å². The summed E-state index contributed by atoms with van der Waals surface area (Å²) in [5, 5.41) is 0.740. The molecular weight excluding hydrogens is 258 g/mol. The summed E-state index contributed by atoms with van der Waals surface area (Å²) in [5.74, 6) is 0.734. The number of hydrogen-bond acceptors (Lipinski definition) is 2. The van der Waals surface area contributed by atoms with Crippen LogP contribution in [0.3, 0.4) is 0 Å². The van der Waals surface area contributed by atoms with E-state index in [1.54, 1.807) is 0 Å². The molecule has 2 nitrogen and oxygen atoms in total. The number of benzene rings is 2. The van der Waals surface area contributed by atoms with Crippen molar-refractivity contribution in [3.05, 3.63) is 70.2 Å². The third-order valence-corrected chi connectivity index (χ3v) is 3.45. The largest absolute Gasteiger partial charge is 0.478 e. The van der Waals surface area contributed by atoms with Crippen molar-refractivity contribution >= 4 is 17.5 Å². The Morgan fingerprint density at radius 1 is 1.11 bits per heavy atom. The summed E-state index contributed by atoms with van der Waals surface area (Å²) in [5.41, 5.74) is 3.41. The Morgan fingerprint density at radius 2 is 1.84 bits per heavy atom. The maximum atomic E-state index is 5.94. The van der Waals surface area contributed by atoms with E-state index >= 15 is 0 Å². The van der Waals surface area contributed by atoms with Gasteiger partial charge in [0, 0.05) is 10.6 Å². The molecule has 0 N–H and O–H groups in total. The van der Waals surface area contributed by atoms with E-state index in [-0.39, 0.29) is 6.04 Å². The molecule has 19 heavy (non-hydrogen) atoms. The van der Waals surface area contributed by atoms with Gasteiger partial charge >= 0.3 is 0 Å². The molecule has 1 aliphatic heterocycles. The summed E-state index contributed by atoms with van der Waals surface area (Å²) >= 11 is 5.94. The molecule has 2 aromatic rings. The molecule has 3 heteroatoms. The first-order valence-electron chi connectivity index (χ1n) is 6.35. The van der Waals surface area contributed by atoms with Crippen molar-refractivity contribution in [2.75, 3.05) is 6.61 Å². The first-order valence-corrected chi connectivity index (χ1v) is 6.72. The van der Waals surface area contributed by atoms with Gasteiger partial charge in [-0.3, -0.25) is 0 Å². The monoisotopic (exact) mass is 271 g/mol. The Morgan fingerprint density at radius 3 is 2.58 bits per heavy atom. The number of nitrogens with zero attached hydrogens (tertiary/aromatic N) is 1. The molecule has 0 saturated heterocycles. The van der Waals surface area contributed by atoms with Gasteiger partial charge in [0.05, 0.1) is 6.61 Å². The van der Waals surface area contributed by atoms with E-state index in [9.17, 15) is 0 Å². The zero-order valence-electron chi connectivity index (χ0n) is 10.6. The molecule has 0 radical (unpaired) electrons. The molecule has 0 spiro atoms. The standard InChI is InChI=1S/C16H14ClNO/c1-2-19-16-14-6-4-3-5-13(14)15(18-16)11-7-9-12(17)10-8-11/h3-10,15H,2H2,1H3/t15-/m0/s1. The molecule has 0 aliphatic carbocycles. The number of fused-ring (bicyclic) bond motifs is 1. The topological polar surface area (TPSA) is 21.6 Å². The van der Waals surface area contributed by atoms with Crippen LogP contribution in [-0.2, 0) is 4.74 Å². The van der Waals surface area contributed by atoms with Gasteiger partial charge in [-0.2, -0.15) is 0 Å². The molecule has 1 atom stereocenters. The highest BCUT2D eigenvalue weighted by atomic mass is 35.5. The minimum absolute atomic E-state index is 0.00927. The van der Waals surface area contributed by atoms with Crippen molar-refractivity contribution in [3.8, 4) is 0 Å². The van der Waals surface area contributed by atoms with Gasteiger partial charge in [0.25, 0.3) is 0 Å². The predicted molar refractivity (Wildman–Crippen MR) is 77.9 cm³/mol. The van der Waals surface area contributed by atoms with Crippen LogP contribution in [0.1, 0.15) is 29.7 Å². The van der Waals surface area contributed by atoms with Gasteiger partial charge in [0.2, 0.25) is 5.90 Å². The smallest absolute Gasteiger partial charge is 0.217 e. The average molecular weight is 272 g/mol. The summed E-state index contributed by atoms with van der Waals surface area (Å²) in [4.78, 5) is 4.70. The number of halogens is 1. The van der Waals surface area contributed by atoms with Gasteiger partial charge in [-0.05, 0) is 36.2 Å². The van der Waals surface area contributed by atoms with E-state index in [0.29, 0.717) is 6.61 Å². The van der Waals surface area contributed by atoms with Crippen LogP contribution in [-0.4, -0.2) is 12.5 Å². The lowest BCUT2D eigenvalue weighted by Crippen LogP contribution is -2.03. The van der Waals surface area contributed by atoms with Crippen LogP contribution in [0, 0.1) is 0 Å². The fourth-order valence-corrected chi connectivity index (χ4v) is 2.46. The van der Waals surface area contributed by atoms with E-state index in [1.807, 2.05) is 43.3 Å². The summed E-state index contributed by atoms with van der Waals surface area (Å²) < 4.78 is 5.63. The Balaban J connectivity index is 2.05. The van der Waals surface area contributed by atoms with Crippen LogP contribution < -0.4 is 0 Å². The zero-order chi connectivity index (χ0) is 13.2. The van der Waals surface area contributed by atoms with Gasteiger partial charge < -0.3 is 4.74 Å². The molecule has 3 rings (SSSR count). The molecule has 0 fully saturated rings. The summed E-state index contributed by atoms with van der Waals surface area (Å²) in [6, 6.07) is 16.0. The van der Waals surface area contributed by atoms with Crippen molar-refractivity contribution in [1.29, 1.82) is 0 Å². The summed E-state index contributed by atoms with van der Waals surface area (Å²) in [6.07, 6.45) is 0. The van der Waals surface area contributed by atoms with E-state index in [1.165, 1.54) is 5.56 Å². The first kappa shape index (κ1) is 12.2. The third-order valence-electron chi connectivity index (χ3n) is 3.20. The third kappa shape index (κ3) is 2.24. The van der Waals surface area contributed by atoms with Gasteiger partial charge in [0.15, 0.2) is 0 Å². The van der Waals surface area contributed by atoms with Crippen LogP contribution >= 0.6 is 11.6 Å². The Hall–Kier alpha value is -1.80. The minimum atomic E-state index is 0.00927. The normalized spacial score (nSPS) is 16.9. The Kier molecular flexibility index (Phi) is 3.26. The number of hydrogen-bond donors (Lipinski definition) is 0. The second kappa shape index (κ2) is 5.06. The van der Waals surface area contributed by atoms with Crippen LogP contribution in [0.25, 0.3) is 0 Å².